The Kier molecular flexibility index (Phi) is 7.89. The lowest BCUT2D eigenvalue weighted by Gasteiger charge is -2.46. The number of amides is 3. The monoisotopic (exact) mass is 536 g/mol. The Hall–Kier alpha value is -3.84. The quantitative estimate of drug-likeness (QED) is 0.590. The molecule has 2 saturated heterocycles. The van der Waals surface area contributed by atoms with E-state index >= 15 is 0 Å². The fraction of sp³-hybridized carbons (Fsp3) is 0.448. The third kappa shape index (κ3) is 5.64. The molecular formula is C29H30F2N4O4. The molecule has 2 aromatic rings. The lowest BCUT2D eigenvalue weighted by atomic mass is 9.84. The molecule has 3 heterocycles. The van der Waals surface area contributed by atoms with Crippen LogP contribution in [-0.4, -0.2) is 52.7 Å². The summed E-state index contributed by atoms with van der Waals surface area (Å²) < 4.78 is 25.3. The lowest BCUT2D eigenvalue weighted by molar-refractivity contribution is -0.136. The number of carbonyl (C=O) groups is 3. The Bertz CT molecular complexity index is 1310. The first-order valence-corrected chi connectivity index (χ1v) is 13.4. The number of nitrogens with zero attached hydrogens (tertiary/aromatic N) is 3. The van der Waals surface area contributed by atoms with Gasteiger partial charge in [-0.05, 0) is 60.7 Å². The summed E-state index contributed by atoms with van der Waals surface area (Å²) in [7, 11) is 0. The Morgan fingerprint density at radius 2 is 1.77 bits per heavy atom. The molecule has 4 aliphatic rings. The molecule has 0 radical (unpaired) electrons. The number of likely N-dealkylation sites (tertiary alicyclic amines) is 1. The summed E-state index contributed by atoms with van der Waals surface area (Å²) in [5.74, 6) is -0.976. The van der Waals surface area contributed by atoms with E-state index in [1.807, 2.05) is 0 Å². The third-order valence-corrected chi connectivity index (χ3v) is 8.16. The second-order valence-corrected chi connectivity index (χ2v) is 10.6. The van der Waals surface area contributed by atoms with Gasteiger partial charge in [0.15, 0.2) is 5.75 Å². The number of imide groups is 1. The van der Waals surface area contributed by atoms with Crippen molar-refractivity contribution >= 4 is 17.7 Å². The summed E-state index contributed by atoms with van der Waals surface area (Å²) >= 11 is 0. The zero-order valence-electron chi connectivity index (χ0n) is 21.5. The second kappa shape index (κ2) is 11.5. The van der Waals surface area contributed by atoms with E-state index in [1.54, 1.807) is 6.07 Å². The van der Waals surface area contributed by atoms with Gasteiger partial charge < -0.3 is 4.90 Å². The van der Waals surface area contributed by atoms with Crippen LogP contribution in [0, 0.1) is 17.1 Å². The number of benzene rings is 2. The Labute approximate surface area is 225 Å². The van der Waals surface area contributed by atoms with E-state index in [1.165, 1.54) is 67.3 Å². The van der Waals surface area contributed by atoms with Crippen LogP contribution in [0.3, 0.4) is 0 Å². The van der Waals surface area contributed by atoms with E-state index < -0.39 is 11.9 Å². The number of nitrogens with one attached hydrogen (secondary N) is 1. The van der Waals surface area contributed by atoms with Crippen LogP contribution < -0.4 is 10.3 Å². The first-order chi connectivity index (χ1) is 18.9. The van der Waals surface area contributed by atoms with E-state index in [0.29, 0.717) is 29.0 Å². The molecule has 39 heavy (non-hydrogen) atoms. The van der Waals surface area contributed by atoms with Crippen LogP contribution in [-0.2, 0) is 16.1 Å². The van der Waals surface area contributed by atoms with Crippen LogP contribution in [0.15, 0.2) is 36.4 Å². The highest BCUT2D eigenvalue weighted by Crippen LogP contribution is 2.35. The second-order valence-electron chi connectivity index (χ2n) is 10.6. The maximum absolute atomic E-state index is 13.1. The van der Waals surface area contributed by atoms with Crippen molar-refractivity contribution in [3.8, 4) is 11.8 Å². The molecular weight excluding hydrogens is 506 g/mol. The van der Waals surface area contributed by atoms with E-state index in [-0.39, 0.29) is 36.3 Å². The van der Waals surface area contributed by atoms with Crippen LogP contribution >= 0.6 is 0 Å². The Morgan fingerprint density at radius 3 is 2.46 bits per heavy atom. The summed E-state index contributed by atoms with van der Waals surface area (Å²) in [5, 5.41) is 11.3. The molecule has 10 heteroatoms. The molecule has 1 saturated carbocycles. The first kappa shape index (κ1) is 26.8. The summed E-state index contributed by atoms with van der Waals surface area (Å²) in [4.78, 5) is 42.7. The predicted octanol–water partition coefficient (Wildman–Crippen LogP) is 4.14. The van der Waals surface area contributed by atoms with E-state index in [2.05, 4.69) is 21.2 Å². The maximum atomic E-state index is 13.1. The van der Waals surface area contributed by atoms with Crippen molar-refractivity contribution in [2.45, 2.75) is 69.5 Å². The molecule has 0 spiro atoms. The van der Waals surface area contributed by atoms with Gasteiger partial charge >= 0.3 is 0 Å². The Balaban J connectivity index is 0.000000158. The number of fused-ring (bicyclic) bond motifs is 1. The van der Waals surface area contributed by atoms with Crippen LogP contribution in [0.5, 0.6) is 5.75 Å². The van der Waals surface area contributed by atoms with Crippen molar-refractivity contribution in [1.82, 2.24) is 15.1 Å². The molecule has 3 aliphatic heterocycles. The molecule has 8 nitrogen and oxygen atoms in total. The van der Waals surface area contributed by atoms with Crippen LogP contribution in [0.4, 0.5) is 8.92 Å². The zero-order chi connectivity index (χ0) is 27.5. The van der Waals surface area contributed by atoms with Crippen molar-refractivity contribution in [3.05, 3.63) is 64.5 Å². The molecule has 0 bridgehead atoms. The van der Waals surface area contributed by atoms with Gasteiger partial charge in [-0.25, -0.2) is 4.39 Å². The summed E-state index contributed by atoms with van der Waals surface area (Å²) in [6.45, 7) is 2.27. The first-order valence-electron chi connectivity index (χ1n) is 13.4. The number of hydrogen-bond donors (Lipinski definition) is 1. The summed E-state index contributed by atoms with van der Waals surface area (Å²) in [6, 6.07) is 11.1. The van der Waals surface area contributed by atoms with Crippen molar-refractivity contribution in [2.75, 3.05) is 13.1 Å². The lowest BCUT2D eigenvalue weighted by Crippen LogP contribution is -2.52. The van der Waals surface area contributed by atoms with E-state index in [4.69, 9.17) is 5.26 Å². The van der Waals surface area contributed by atoms with Crippen LogP contribution in [0.25, 0.3) is 0 Å². The van der Waals surface area contributed by atoms with Gasteiger partial charge in [0.2, 0.25) is 11.8 Å². The van der Waals surface area contributed by atoms with Gasteiger partial charge in [0.25, 0.3) is 5.91 Å². The van der Waals surface area contributed by atoms with Gasteiger partial charge in [-0.1, -0.05) is 25.3 Å². The summed E-state index contributed by atoms with van der Waals surface area (Å²) in [6.07, 6.45) is 7.23. The zero-order valence-corrected chi connectivity index (χ0v) is 21.5. The molecule has 1 atom stereocenters. The van der Waals surface area contributed by atoms with Crippen molar-refractivity contribution in [2.24, 2.45) is 0 Å². The maximum Gasteiger partial charge on any atom is 0.255 e. The third-order valence-electron chi connectivity index (χ3n) is 8.16. The number of carbonyl (C=O) groups excluding carboxylic acids is 3. The highest BCUT2D eigenvalue weighted by atomic mass is 19.3. The van der Waals surface area contributed by atoms with Crippen LogP contribution in [0.1, 0.15) is 77.9 Å². The fourth-order valence-electron chi connectivity index (χ4n) is 6.03. The minimum absolute atomic E-state index is 0.0154. The van der Waals surface area contributed by atoms with Gasteiger partial charge in [0, 0.05) is 48.1 Å². The topological polar surface area (TPSA) is 103 Å². The standard InChI is InChI=1S/C16H19FN2.C13H11FN2O4/c17-14-6-7-16(12(8-14)9-18)13-10-19(11-13)15-4-2-1-3-5-15;14-20-8-1-2-9-7(5-8)6-16(13(9)19)10-3-4-11(17)15-12(10)18/h6-8,13,15H,1-5,10-11H2;1-2,5,10H,3-4,6H2,(H,15,17,18). The molecule has 1 aliphatic carbocycles. The molecule has 1 N–H and O–H groups in total. The molecule has 3 fully saturated rings. The average molecular weight is 537 g/mol. The number of rotatable bonds is 4. The van der Waals surface area contributed by atoms with E-state index in [9.17, 15) is 23.3 Å². The number of nitriles is 1. The smallest absolute Gasteiger partial charge is 0.255 e. The molecule has 1 unspecified atom stereocenters. The van der Waals surface area contributed by atoms with Gasteiger partial charge in [-0.2, -0.15) is 5.26 Å². The number of halogens is 2. The number of piperidine rings is 1. The van der Waals surface area contributed by atoms with Crippen molar-refractivity contribution in [3.63, 3.8) is 0 Å². The number of hydrogen-bond acceptors (Lipinski definition) is 6. The average Bonchev–Trinajstić information content (AvgIpc) is 3.24. The van der Waals surface area contributed by atoms with E-state index in [0.717, 1.165) is 24.7 Å². The summed E-state index contributed by atoms with van der Waals surface area (Å²) in [5.41, 5.74) is 2.56. The predicted molar refractivity (Wildman–Crippen MR) is 137 cm³/mol. The Morgan fingerprint density at radius 1 is 1.00 bits per heavy atom. The molecule has 0 aromatic heterocycles. The minimum Gasteiger partial charge on any atom is -0.322 e. The fourth-order valence-corrected chi connectivity index (χ4v) is 6.03. The van der Waals surface area contributed by atoms with Crippen molar-refractivity contribution in [1.29, 1.82) is 5.26 Å². The van der Waals surface area contributed by atoms with Gasteiger partial charge in [-0.3, -0.25) is 29.5 Å². The minimum atomic E-state index is -0.664. The highest BCUT2D eigenvalue weighted by molar-refractivity contribution is 6.05. The highest BCUT2D eigenvalue weighted by Gasteiger charge is 2.39. The van der Waals surface area contributed by atoms with Gasteiger partial charge in [0.05, 0.1) is 11.6 Å². The molecule has 204 valence electrons. The molecule has 3 amide bonds. The van der Waals surface area contributed by atoms with Gasteiger partial charge in [0.1, 0.15) is 11.9 Å². The SMILES string of the molecule is N#Cc1cc(F)ccc1C1CN(C2CCCCC2)C1.O=C1CCC(N2Cc3cc(OF)ccc3C2=O)C(=O)N1. The van der Waals surface area contributed by atoms with Gasteiger partial charge in [-0.15, -0.1) is 0 Å². The van der Waals surface area contributed by atoms with Crippen LogP contribution in [0.2, 0.25) is 0 Å². The largest absolute Gasteiger partial charge is 0.322 e. The molecule has 2 aromatic carbocycles. The normalized spacial score (nSPS) is 21.8. The molecule has 6 rings (SSSR count). The van der Waals surface area contributed by atoms with Crippen molar-refractivity contribution < 1.29 is 28.2 Å².